The van der Waals surface area contributed by atoms with Crippen LogP contribution in [0.3, 0.4) is 0 Å². The second kappa shape index (κ2) is 7.37. The molecule has 2 aromatic heterocycles. The molecule has 1 atom stereocenters. The maximum Gasteiger partial charge on any atom is 0.321 e. The van der Waals surface area contributed by atoms with Crippen molar-refractivity contribution < 1.29 is 9.21 Å². The van der Waals surface area contributed by atoms with E-state index in [-0.39, 0.29) is 12.1 Å². The van der Waals surface area contributed by atoms with Gasteiger partial charge < -0.3 is 9.73 Å². The molecule has 0 unspecified atom stereocenters. The lowest BCUT2D eigenvalue weighted by atomic mass is 10.1. The van der Waals surface area contributed by atoms with Crippen molar-refractivity contribution in [2.75, 3.05) is 25.0 Å². The van der Waals surface area contributed by atoms with Gasteiger partial charge in [0.25, 0.3) is 0 Å². The number of anilines is 1. The molecule has 7 nitrogen and oxygen atoms in total. The molecule has 0 saturated carbocycles. The van der Waals surface area contributed by atoms with E-state index in [1.165, 1.54) is 30.6 Å². The first kappa shape index (κ1) is 15.0. The fourth-order valence-electron chi connectivity index (χ4n) is 2.68. The van der Waals surface area contributed by atoms with E-state index in [2.05, 4.69) is 25.7 Å². The first-order chi connectivity index (χ1) is 10.8. The van der Waals surface area contributed by atoms with E-state index in [0.717, 1.165) is 18.8 Å². The van der Waals surface area contributed by atoms with Crippen LogP contribution in [0.1, 0.15) is 31.1 Å². The van der Waals surface area contributed by atoms with Crippen molar-refractivity contribution in [3.05, 3.63) is 29.7 Å². The van der Waals surface area contributed by atoms with Crippen LogP contribution in [-0.4, -0.2) is 40.8 Å². The van der Waals surface area contributed by atoms with Crippen LogP contribution in [-0.2, 0) is 0 Å². The van der Waals surface area contributed by atoms with Gasteiger partial charge in [-0.05, 0) is 38.1 Å². The number of piperidine rings is 1. The number of amides is 2. The predicted molar refractivity (Wildman–Crippen MR) is 83.8 cm³/mol. The van der Waals surface area contributed by atoms with Crippen molar-refractivity contribution in [2.45, 2.75) is 25.3 Å². The van der Waals surface area contributed by atoms with Crippen LogP contribution in [0.5, 0.6) is 0 Å². The first-order valence-corrected chi connectivity index (χ1v) is 8.29. The van der Waals surface area contributed by atoms with Gasteiger partial charge in [0.05, 0.1) is 12.3 Å². The summed E-state index contributed by atoms with van der Waals surface area (Å²) in [4.78, 5) is 14.3. The number of nitrogens with zero attached hydrogens (tertiary/aromatic N) is 3. The largest absolute Gasteiger partial charge is 0.468 e. The summed E-state index contributed by atoms with van der Waals surface area (Å²) in [6.45, 7) is 2.56. The zero-order valence-electron chi connectivity index (χ0n) is 12.2. The van der Waals surface area contributed by atoms with Gasteiger partial charge >= 0.3 is 6.03 Å². The monoisotopic (exact) mass is 321 g/mol. The zero-order valence-corrected chi connectivity index (χ0v) is 13.0. The highest BCUT2D eigenvalue weighted by Crippen LogP contribution is 2.24. The predicted octanol–water partition coefficient (Wildman–Crippen LogP) is 2.48. The number of hydrogen-bond acceptors (Lipinski definition) is 6. The third-order valence-corrected chi connectivity index (χ3v) is 4.35. The SMILES string of the molecule is O=C(NC[C@@H](c1ccco1)N1CCCCC1)Nc1nncs1. The molecule has 3 rings (SSSR count). The first-order valence-electron chi connectivity index (χ1n) is 7.41. The van der Waals surface area contributed by atoms with Gasteiger partial charge in [-0.1, -0.05) is 17.8 Å². The van der Waals surface area contributed by atoms with Crippen LogP contribution >= 0.6 is 11.3 Å². The van der Waals surface area contributed by atoms with Gasteiger partial charge in [0.2, 0.25) is 5.13 Å². The molecule has 0 aliphatic carbocycles. The van der Waals surface area contributed by atoms with Crippen molar-refractivity contribution >= 4 is 22.5 Å². The van der Waals surface area contributed by atoms with E-state index in [1.807, 2.05) is 12.1 Å². The lowest BCUT2D eigenvalue weighted by molar-refractivity contribution is 0.144. The molecule has 0 spiro atoms. The summed E-state index contributed by atoms with van der Waals surface area (Å²) >= 11 is 1.29. The summed E-state index contributed by atoms with van der Waals surface area (Å²) in [5.41, 5.74) is 1.58. The highest BCUT2D eigenvalue weighted by atomic mass is 32.1. The number of rotatable bonds is 5. The molecule has 8 heteroatoms. The summed E-state index contributed by atoms with van der Waals surface area (Å²) in [6.07, 6.45) is 5.32. The Hall–Kier alpha value is -1.93. The van der Waals surface area contributed by atoms with Gasteiger partial charge in [0.1, 0.15) is 11.3 Å². The molecule has 22 heavy (non-hydrogen) atoms. The zero-order chi connectivity index (χ0) is 15.2. The Balaban J connectivity index is 1.59. The summed E-state index contributed by atoms with van der Waals surface area (Å²) < 4.78 is 5.55. The molecular formula is C14H19N5O2S. The molecule has 1 saturated heterocycles. The van der Waals surface area contributed by atoms with E-state index in [0.29, 0.717) is 11.7 Å². The number of likely N-dealkylation sites (tertiary alicyclic amines) is 1. The second-order valence-electron chi connectivity index (χ2n) is 5.21. The maximum atomic E-state index is 11.9. The maximum absolute atomic E-state index is 11.9. The van der Waals surface area contributed by atoms with Crippen LogP contribution in [0.25, 0.3) is 0 Å². The number of carbonyl (C=O) groups excluding carboxylic acids is 1. The average molecular weight is 321 g/mol. The van der Waals surface area contributed by atoms with Crippen molar-refractivity contribution in [1.82, 2.24) is 20.4 Å². The Morgan fingerprint density at radius 3 is 2.95 bits per heavy atom. The molecule has 1 fully saturated rings. The normalized spacial score (nSPS) is 17.1. The number of aromatic nitrogens is 2. The number of furan rings is 1. The third-order valence-electron chi connectivity index (χ3n) is 3.74. The van der Waals surface area contributed by atoms with Crippen molar-refractivity contribution in [3.63, 3.8) is 0 Å². The lowest BCUT2D eigenvalue weighted by Crippen LogP contribution is -2.41. The topological polar surface area (TPSA) is 83.3 Å². The van der Waals surface area contributed by atoms with E-state index in [9.17, 15) is 4.79 Å². The fourth-order valence-corrected chi connectivity index (χ4v) is 3.12. The molecular weight excluding hydrogens is 302 g/mol. The minimum atomic E-state index is -0.273. The molecule has 2 N–H and O–H groups in total. The molecule has 2 amide bonds. The van der Waals surface area contributed by atoms with Gasteiger partial charge in [-0.3, -0.25) is 10.2 Å². The van der Waals surface area contributed by atoms with Gasteiger partial charge in [0, 0.05) is 6.54 Å². The van der Waals surface area contributed by atoms with Gasteiger partial charge in [0.15, 0.2) is 0 Å². The number of urea groups is 1. The minimum Gasteiger partial charge on any atom is -0.468 e. The molecule has 0 aromatic carbocycles. The molecule has 2 aromatic rings. The molecule has 0 bridgehead atoms. The highest BCUT2D eigenvalue weighted by Gasteiger charge is 2.24. The van der Waals surface area contributed by atoms with Crippen LogP contribution in [0, 0.1) is 0 Å². The van der Waals surface area contributed by atoms with E-state index >= 15 is 0 Å². The quantitative estimate of drug-likeness (QED) is 0.884. The Morgan fingerprint density at radius 1 is 1.41 bits per heavy atom. The number of hydrogen-bond donors (Lipinski definition) is 2. The standard InChI is InChI=1S/C14H19N5O2S/c20-13(17-14-18-16-10-22-14)15-9-11(12-5-4-8-21-12)19-6-2-1-3-7-19/h4-5,8,10-11H,1-3,6-7,9H2,(H2,15,17,18,20)/t11-/m0/s1. The summed E-state index contributed by atoms with van der Waals surface area (Å²) in [5, 5.41) is 13.5. The minimum absolute atomic E-state index is 0.0652. The number of nitrogens with one attached hydrogen (secondary N) is 2. The molecule has 118 valence electrons. The van der Waals surface area contributed by atoms with Crippen molar-refractivity contribution in [1.29, 1.82) is 0 Å². The van der Waals surface area contributed by atoms with Gasteiger partial charge in [-0.25, -0.2) is 4.79 Å². The van der Waals surface area contributed by atoms with E-state index in [1.54, 1.807) is 11.8 Å². The average Bonchev–Trinajstić information content (AvgIpc) is 3.22. The fraction of sp³-hybridized carbons (Fsp3) is 0.500. The smallest absolute Gasteiger partial charge is 0.321 e. The van der Waals surface area contributed by atoms with Gasteiger partial charge in [-0.15, -0.1) is 10.2 Å². The molecule has 0 radical (unpaired) electrons. The molecule has 1 aliphatic heterocycles. The Labute approximate surface area is 132 Å². The Bertz CT molecular complexity index is 566. The van der Waals surface area contributed by atoms with E-state index in [4.69, 9.17) is 4.42 Å². The second-order valence-corrected chi connectivity index (χ2v) is 6.04. The van der Waals surface area contributed by atoms with Crippen LogP contribution in [0.2, 0.25) is 0 Å². The van der Waals surface area contributed by atoms with Gasteiger partial charge in [-0.2, -0.15) is 0 Å². The van der Waals surface area contributed by atoms with Crippen molar-refractivity contribution in [2.24, 2.45) is 0 Å². The van der Waals surface area contributed by atoms with Crippen LogP contribution < -0.4 is 10.6 Å². The Kier molecular flexibility index (Phi) is 5.02. The summed E-state index contributed by atoms with van der Waals surface area (Å²) in [6, 6.07) is 3.64. The molecule has 3 heterocycles. The molecule has 1 aliphatic rings. The summed E-state index contributed by atoms with van der Waals surface area (Å²) in [7, 11) is 0. The lowest BCUT2D eigenvalue weighted by Gasteiger charge is -2.33. The van der Waals surface area contributed by atoms with E-state index < -0.39 is 0 Å². The van der Waals surface area contributed by atoms with Crippen molar-refractivity contribution in [3.8, 4) is 0 Å². The summed E-state index contributed by atoms with van der Waals surface area (Å²) in [5.74, 6) is 0.887. The van der Waals surface area contributed by atoms with Crippen LogP contribution in [0.4, 0.5) is 9.93 Å². The third kappa shape index (κ3) is 3.83. The Morgan fingerprint density at radius 2 is 2.27 bits per heavy atom. The highest BCUT2D eigenvalue weighted by molar-refractivity contribution is 7.13. The number of carbonyl (C=O) groups is 1. The van der Waals surface area contributed by atoms with Crippen LogP contribution in [0.15, 0.2) is 28.3 Å².